The van der Waals surface area contributed by atoms with Crippen LogP contribution in [-0.4, -0.2) is 18.2 Å². The Hall–Kier alpha value is -0.903. The Kier molecular flexibility index (Phi) is 3.63. The summed E-state index contributed by atoms with van der Waals surface area (Å²) in [4.78, 5) is 19.3. The van der Waals surface area contributed by atoms with Crippen LogP contribution in [0.5, 0.6) is 0 Å². The van der Waals surface area contributed by atoms with E-state index in [0.29, 0.717) is 0 Å². The van der Waals surface area contributed by atoms with E-state index in [1.165, 1.54) is 0 Å². The molecule has 1 rings (SSSR count). The third-order valence-corrected chi connectivity index (χ3v) is 4.53. The second kappa shape index (κ2) is 4.55. The second-order valence-corrected chi connectivity index (χ2v) is 6.74. The van der Waals surface area contributed by atoms with Crippen LogP contribution < -0.4 is 0 Å². The van der Waals surface area contributed by atoms with E-state index in [-0.39, 0.29) is 5.54 Å². The molecular weight excluding hydrogens is 192 g/mol. The van der Waals surface area contributed by atoms with Crippen LogP contribution in [0.2, 0.25) is 5.54 Å². The van der Waals surface area contributed by atoms with Crippen molar-refractivity contribution < 1.29 is 9.59 Å². The van der Waals surface area contributed by atoms with Gasteiger partial charge in [-0.15, -0.1) is 0 Å². The van der Waals surface area contributed by atoms with E-state index in [2.05, 4.69) is 0 Å². The largest absolute Gasteiger partial charge is 0.408 e. The average molecular weight is 208 g/mol. The fourth-order valence-electron chi connectivity index (χ4n) is 0.975. The van der Waals surface area contributed by atoms with Crippen LogP contribution in [0.15, 0.2) is 36.0 Å². The maximum absolute atomic E-state index is 9.66. The fourth-order valence-corrected chi connectivity index (χ4v) is 1.80. The highest BCUT2D eigenvalue weighted by Crippen LogP contribution is 2.16. The van der Waals surface area contributed by atoms with Crippen molar-refractivity contribution in [3.05, 3.63) is 41.6 Å². The number of benzene rings is 1. The van der Waals surface area contributed by atoms with Gasteiger partial charge in [0.25, 0.3) is 0 Å². The maximum atomic E-state index is 9.66. The summed E-state index contributed by atoms with van der Waals surface area (Å²) < 4.78 is 0. The lowest BCUT2D eigenvalue weighted by molar-refractivity contribution is 0.364. The van der Waals surface area contributed by atoms with Gasteiger partial charge < -0.3 is 9.59 Å². The lowest BCUT2D eigenvalue weighted by Crippen LogP contribution is -2.35. The molecule has 0 aliphatic rings. The van der Waals surface area contributed by atoms with Gasteiger partial charge in [0.15, 0.2) is 0 Å². The lowest BCUT2D eigenvalue weighted by atomic mass is 10.2. The van der Waals surface area contributed by atoms with Gasteiger partial charge in [-0.25, -0.2) is 0 Å². The summed E-state index contributed by atoms with van der Waals surface area (Å²) in [6.45, 7) is 3.64. The van der Waals surface area contributed by atoms with Crippen LogP contribution in [0.4, 0.5) is 0 Å². The molecule has 14 heavy (non-hydrogen) atoms. The van der Waals surface area contributed by atoms with E-state index in [4.69, 9.17) is 0 Å². The highest BCUT2D eigenvalue weighted by Gasteiger charge is 2.29. The molecule has 0 aliphatic carbocycles. The maximum Gasteiger partial charge on any atom is 0.362 e. The Balaban J connectivity index is 2.74. The Morgan fingerprint density at radius 1 is 1.14 bits per heavy atom. The van der Waals surface area contributed by atoms with Crippen molar-refractivity contribution in [3.8, 4) is 0 Å². The minimum absolute atomic E-state index is 0.0811. The molecule has 2 N–H and O–H groups in total. The van der Waals surface area contributed by atoms with Crippen molar-refractivity contribution in [1.29, 1.82) is 0 Å². The van der Waals surface area contributed by atoms with Gasteiger partial charge in [-0.2, -0.15) is 0 Å². The summed E-state index contributed by atoms with van der Waals surface area (Å²) in [5, 5.41) is 0. The van der Waals surface area contributed by atoms with E-state index in [1.807, 2.05) is 44.2 Å². The topological polar surface area (TPSA) is 40.5 Å². The highest BCUT2D eigenvalue weighted by atomic mass is 28.4. The van der Waals surface area contributed by atoms with Crippen molar-refractivity contribution in [2.45, 2.75) is 19.4 Å². The van der Waals surface area contributed by atoms with Gasteiger partial charge >= 0.3 is 8.56 Å². The quantitative estimate of drug-likeness (QED) is 0.747. The zero-order valence-electron chi connectivity index (χ0n) is 8.51. The zero-order chi connectivity index (χ0) is 10.6. The minimum Gasteiger partial charge on any atom is -0.408 e. The van der Waals surface area contributed by atoms with Gasteiger partial charge in [-0.3, -0.25) is 0 Å². The normalized spacial score (nSPS) is 12.6. The molecule has 0 atom stereocenters. The smallest absolute Gasteiger partial charge is 0.362 e. The Bertz CT molecular complexity index is 304. The Labute approximate surface area is 85.8 Å². The van der Waals surface area contributed by atoms with Crippen LogP contribution in [0, 0.1) is 0 Å². The van der Waals surface area contributed by atoms with Crippen molar-refractivity contribution >= 4 is 14.6 Å². The Morgan fingerprint density at radius 2 is 1.71 bits per heavy atom. The molecule has 0 saturated heterocycles. The molecule has 1 aromatic carbocycles. The van der Waals surface area contributed by atoms with Crippen LogP contribution in [0.25, 0.3) is 6.08 Å². The van der Waals surface area contributed by atoms with Gasteiger partial charge in [0.1, 0.15) is 0 Å². The van der Waals surface area contributed by atoms with E-state index in [0.717, 1.165) is 5.56 Å². The molecule has 0 aliphatic heterocycles. The first-order chi connectivity index (χ1) is 6.52. The molecule has 0 saturated carbocycles. The van der Waals surface area contributed by atoms with Crippen LogP contribution >= 0.6 is 0 Å². The second-order valence-electron chi connectivity index (χ2n) is 3.68. The van der Waals surface area contributed by atoms with Crippen LogP contribution in [0.3, 0.4) is 0 Å². The number of rotatable bonds is 3. The molecule has 76 valence electrons. The van der Waals surface area contributed by atoms with Gasteiger partial charge in [-0.05, 0) is 11.3 Å². The summed E-state index contributed by atoms with van der Waals surface area (Å²) in [7, 11) is -3.14. The zero-order valence-corrected chi connectivity index (χ0v) is 9.51. The number of hydrogen-bond donors (Lipinski definition) is 2. The Morgan fingerprint density at radius 3 is 2.21 bits per heavy atom. The van der Waals surface area contributed by atoms with E-state index >= 15 is 0 Å². The summed E-state index contributed by atoms with van der Waals surface area (Å²) in [6.07, 6.45) is 1.77. The molecule has 0 aromatic heterocycles. The van der Waals surface area contributed by atoms with Gasteiger partial charge in [-0.1, -0.05) is 50.3 Å². The molecule has 0 radical (unpaired) electrons. The fraction of sp³-hybridized carbons (Fsp3) is 0.273. The minimum atomic E-state index is -3.14. The van der Waals surface area contributed by atoms with Crippen molar-refractivity contribution in [2.24, 2.45) is 0 Å². The highest BCUT2D eigenvalue weighted by molar-refractivity contribution is 6.72. The first kappa shape index (κ1) is 11.2. The molecule has 0 bridgehead atoms. The average Bonchev–Trinajstić information content (AvgIpc) is 2.16. The first-order valence-corrected chi connectivity index (χ1v) is 6.76. The monoisotopic (exact) mass is 208 g/mol. The van der Waals surface area contributed by atoms with E-state index in [9.17, 15) is 9.59 Å². The van der Waals surface area contributed by atoms with Crippen molar-refractivity contribution in [3.63, 3.8) is 0 Å². The molecule has 0 spiro atoms. The third-order valence-electron chi connectivity index (χ3n) is 2.17. The molecule has 0 unspecified atom stereocenters. The molecule has 0 heterocycles. The molecule has 0 fully saturated rings. The SMILES string of the molecule is CC(C)[Si](O)(O)C=Cc1ccccc1. The van der Waals surface area contributed by atoms with Gasteiger partial charge in [0.05, 0.1) is 0 Å². The molecular formula is C11H16O2Si. The first-order valence-electron chi connectivity index (χ1n) is 4.71. The van der Waals surface area contributed by atoms with E-state index < -0.39 is 8.56 Å². The molecule has 1 aromatic rings. The van der Waals surface area contributed by atoms with E-state index in [1.54, 1.807) is 11.8 Å². The summed E-state index contributed by atoms with van der Waals surface area (Å²) in [5.41, 5.74) is 2.46. The third kappa shape index (κ3) is 3.10. The lowest BCUT2D eigenvalue weighted by Gasteiger charge is -2.16. The molecule has 3 heteroatoms. The van der Waals surface area contributed by atoms with Crippen LogP contribution in [0.1, 0.15) is 19.4 Å². The van der Waals surface area contributed by atoms with Crippen molar-refractivity contribution in [2.75, 3.05) is 0 Å². The van der Waals surface area contributed by atoms with Crippen LogP contribution in [-0.2, 0) is 0 Å². The summed E-state index contributed by atoms with van der Waals surface area (Å²) in [5.74, 6) is 0. The van der Waals surface area contributed by atoms with Gasteiger partial charge in [0, 0.05) is 5.54 Å². The summed E-state index contributed by atoms with van der Waals surface area (Å²) >= 11 is 0. The molecule has 0 amide bonds. The summed E-state index contributed by atoms with van der Waals surface area (Å²) in [6, 6.07) is 9.64. The standard InChI is InChI=1S/C11H16O2Si/c1-10(2)14(12,13)9-8-11-6-4-3-5-7-11/h3-10,12-13H,1-2H3. The molecule has 2 nitrogen and oxygen atoms in total. The number of hydrogen-bond acceptors (Lipinski definition) is 2. The van der Waals surface area contributed by atoms with Gasteiger partial charge in [0.2, 0.25) is 0 Å². The van der Waals surface area contributed by atoms with Crippen molar-refractivity contribution in [1.82, 2.24) is 0 Å². The predicted molar refractivity (Wildman–Crippen MR) is 60.8 cm³/mol. The predicted octanol–water partition coefficient (Wildman–Crippen LogP) is 2.08.